The van der Waals surface area contributed by atoms with Crippen LogP contribution < -0.4 is 75.8 Å². The van der Waals surface area contributed by atoms with Crippen molar-refractivity contribution in [1.82, 2.24) is 31.9 Å². The minimum atomic E-state index is -3.81. The van der Waals surface area contributed by atoms with Gasteiger partial charge < -0.3 is 172 Å². The molecule has 4 aromatic rings. The summed E-state index contributed by atoms with van der Waals surface area (Å²) >= 11 is 3.28. The minimum absolute atomic E-state index is 0. The molecule has 0 amide bonds. The molecule has 49 heteroatoms. The van der Waals surface area contributed by atoms with E-state index in [1.807, 2.05) is 144 Å². The van der Waals surface area contributed by atoms with Gasteiger partial charge in [0.15, 0.2) is 44.5 Å². The molecule has 0 aliphatic heterocycles. The Morgan fingerprint density at radius 2 is 0.693 bits per heavy atom. The number of nitrogens with one attached hydrogen (secondary N) is 8. The maximum Gasteiger partial charge on any atom is 0.507 e. The standard InChI is InChI=1S/C52H106N6O12S2Si5.C49H100N6O11Si5.W.Y/c1-40(53)33-65-35-42(3)56-30-45(59)37-62-23-18-26-73-67-77(48-21-16-15-17-22-48,69-75(11,12)28-20-25-64-39-47(61)32-58-52-44(5)51(54)49(71-7)29-50(52)72-8)70-76(13,14)68-74(9,10)27-19-24-63-38-46(60)31-57-43(4)36-66-34-41(2)55-6;1-15-42-28-43(16-2)48(41(7)47(42)51)55-49(58)69(11,12)65-71(46-22-18-17-19-23-46,63-67-26-20-24-59-35-44(56)29-53-39(5)33-61-31-37(3)50)66-70(13,14)64-68(9,10)27-21-25-60-36-45(57)30-54-40(6)34-62-32-38(4)52-8;;/h15-17,21-22,29,40-43,45-47,55-61H,18-20,23-28,30-39,53-54,73H2,1-14H3;17-19,22-23,28,37-40,44-45,49,52-58H,15-16,20-21,24-27,29-36,50-51,67H2,1-14H3;;. The van der Waals surface area contributed by atoms with Crippen LogP contribution in [0.15, 0.2) is 82.6 Å². The SMILES string of the molecule is CCc1cc(CC)c(NC(O)[Si](C)(C)O[Si](O[SiH2]CCCOCC(O)CNC(C)COCC(C)N)(O[Si](C)(C)O[Si](C)(C)CCCOCC(O)CNC(C)COCC(C)NC)c2ccccc2)c(C)c1N.CNC(C)COCC(C)NCC(O)COCCC[Si](C)(C)O[Si](C)(C)O[Si](O[SiH2]CCCOCC(O)CNC(C)COCC(C)N)(O[Si](C)(C)CCCOCC(O)CNc1c(SC)cc(SC)c(N)c1C)c1ccccc1.[W].[Y]. The molecule has 4 rings (SSSR count). The summed E-state index contributed by atoms with van der Waals surface area (Å²) in [6.07, 6.45) is 6.23. The van der Waals surface area contributed by atoms with Crippen molar-refractivity contribution in [2.45, 2.75) is 331 Å². The number of benzene rings is 4. The number of anilines is 4. The molecule has 16 unspecified atom stereocenters. The number of aryl methyl sites for hydroxylation is 2. The van der Waals surface area contributed by atoms with Crippen molar-refractivity contribution in [3.63, 3.8) is 0 Å². The van der Waals surface area contributed by atoms with Crippen LogP contribution in [0.1, 0.15) is 124 Å². The van der Waals surface area contributed by atoms with E-state index in [1.54, 1.807) is 23.5 Å². The summed E-state index contributed by atoms with van der Waals surface area (Å²) in [5.74, 6) is -1.04. The fraction of sp³-hybridized carbons (Fsp3) is 0.762. The van der Waals surface area contributed by atoms with Crippen molar-refractivity contribution < 1.29 is 160 Å². The van der Waals surface area contributed by atoms with E-state index in [0.29, 0.717) is 119 Å². The quantitative estimate of drug-likeness (QED) is 0.00643. The second kappa shape index (κ2) is 79.6. The number of thioether (sulfide) groups is 2. The zero-order valence-electron chi connectivity index (χ0n) is 96.9. The Morgan fingerprint density at radius 3 is 1.03 bits per heavy atom. The first-order valence-corrected chi connectivity index (χ1v) is 80.9. The Labute approximate surface area is 965 Å². The number of hydrogen-bond acceptors (Lipinski definition) is 37. The molecular formula is C101H206N12O23S2Si10WY. The van der Waals surface area contributed by atoms with E-state index in [0.717, 1.165) is 140 Å². The number of hydrogen-bond donors (Lipinski definition) is 18. The van der Waals surface area contributed by atoms with Crippen LogP contribution in [0.5, 0.6) is 0 Å². The van der Waals surface area contributed by atoms with Gasteiger partial charge in [0.1, 0.15) is 5.85 Å². The molecule has 35 nitrogen and oxygen atoms in total. The van der Waals surface area contributed by atoms with Crippen LogP contribution in [0.3, 0.4) is 0 Å². The minimum Gasteiger partial charge on any atom is -0.436 e. The second-order valence-corrected chi connectivity index (χ2v) is 78.8. The number of ether oxygens (including phenoxy) is 9. The van der Waals surface area contributed by atoms with Crippen molar-refractivity contribution in [3.8, 4) is 0 Å². The summed E-state index contributed by atoms with van der Waals surface area (Å²) < 4.78 is 111. The molecule has 150 heavy (non-hydrogen) atoms. The largest absolute Gasteiger partial charge is 0.507 e. The normalized spacial score (nSPS) is 16.3. The molecule has 4 aromatic carbocycles. The molecule has 0 saturated carbocycles. The van der Waals surface area contributed by atoms with Gasteiger partial charge >= 0.3 is 34.7 Å². The maximum atomic E-state index is 12.2. The van der Waals surface area contributed by atoms with Gasteiger partial charge in [-0.3, -0.25) is 0 Å². The van der Waals surface area contributed by atoms with E-state index in [2.05, 4.69) is 160 Å². The van der Waals surface area contributed by atoms with Gasteiger partial charge in [0.05, 0.1) is 128 Å². The van der Waals surface area contributed by atoms with Gasteiger partial charge in [-0.2, -0.15) is 0 Å². The molecular weight excluding hydrogens is 2370 g/mol. The first-order chi connectivity index (χ1) is 69.8. The van der Waals surface area contributed by atoms with Crippen LogP contribution in [-0.4, -0.2) is 381 Å². The number of nitrogen functional groups attached to an aromatic ring is 2. The Morgan fingerprint density at radius 1 is 0.373 bits per heavy atom. The van der Waals surface area contributed by atoms with Crippen LogP contribution in [0.4, 0.5) is 22.7 Å². The summed E-state index contributed by atoms with van der Waals surface area (Å²) in [4.78, 5) is 2.14. The van der Waals surface area contributed by atoms with Gasteiger partial charge in [-0.15, -0.1) is 23.5 Å². The second-order valence-electron chi connectivity index (χ2n) is 42.9. The Kier molecular flexibility index (Phi) is 78.3. The number of aliphatic hydroxyl groups excluding tert-OH is 6. The number of rotatable bonds is 88. The predicted octanol–water partition coefficient (Wildman–Crippen LogP) is 9.18. The van der Waals surface area contributed by atoms with Gasteiger partial charge in [-0.1, -0.05) is 80.6 Å². The van der Waals surface area contributed by atoms with Gasteiger partial charge in [-0.25, -0.2) is 0 Å². The van der Waals surface area contributed by atoms with E-state index in [9.17, 15) is 30.6 Å². The van der Waals surface area contributed by atoms with Crippen molar-refractivity contribution in [2.75, 3.05) is 200 Å². The molecule has 0 saturated heterocycles. The molecule has 0 aromatic heterocycles. The van der Waals surface area contributed by atoms with Crippen molar-refractivity contribution in [2.24, 2.45) is 11.5 Å². The molecule has 1 radical (unpaired) electrons. The van der Waals surface area contributed by atoms with E-state index in [4.69, 9.17) is 98.5 Å². The Bertz CT molecular complexity index is 4140. The van der Waals surface area contributed by atoms with E-state index in [-0.39, 0.29) is 135 Å². The van der Waals surface area contributed by atoms with Crippen molar-refractivity contribution in [1.29, 1.82) is 0 Å². The van der Waals surface area contributed by atoms with E-state index >= 15 is 0 Å². The molecule has 16 atom stereocenters. The summed E-state index contributed by atoms with van der Waals surface area (Å²) in [6.45, 7) is 59.9. The number of nitrogens with two attached hydrogens (primary N) is 4. The first-order valence-electron chi connectivity index (χ1n) is 53.9. The van der Waals surface area contributed by atoms with Gasteiger partial charge in [0.2, 0.25) is 8.32 Å². The molecule has 0 fully saturated rings. The van der Waals surface area contributed by atoms with Crippen LogP contribution >= 0.6 is 23.5 Å². The average molecular weight is 2570 g/mol. The van der Waals surface area contributed by atoms with Crippen LogP contribution in [0, 0.1) is 13.8 Å². The topological polar surface area (TPSA) is 479 Å². The smallest absolute Gasteiger partial charge is 0.436 e. The van der Waals surface area contributed by atoms with Crippen LogP contribution in [0.2, 0.25) is 109 Å². The molecule has 0 bridgehead atoms. The zero-order chi connectivity index (χ0) is 111. The summed E-state index contributed by atoms with van der Waals surface area (Å²) in [5.41, 5.74) is 31.9. The molecule has 22 N–H and O–H groups in total. The molecule has 0 heterocycles. The number of likely N-dealkylation sites (N-methyl/N-ethyl adjacent to an activating group) is 2. The average Bonchev–Trinajstić information content (AvgIpc) is 0.767. The molecule has 0 aliphatic rings. The van der Waals surface area contributed by atoms with Crippen molar-refractivity contribution >= 4 is 144 Å². The summed E-state index contributed by atoms with van der Waals surface area (Å²) in [5, 5.41) is 93.7. The molecule has 869 valence electrons. The summed E-state index contributed by atoms with van der Waals surface area (Å²) in [6, 6.07) is 29.3. The Hall–Kier alpha value is -0.499. The molecule has 0 spiro atoms. The number of aliphatic hydroxyl groups is 6. The van der Waals surface area contributed by atoms with E-state index in [1.165, 1.54) is 0 Å². The van der Waals surface area contributed by atoms with Gasteiger partial charge in [0.25, 0.3) is 0 Å². The molecule has 0 aliphatic carbocycles. The van der Waals surface area contributed by atoms with Crippen LogP contribution in [-0.2, 0) is 142 Å². The third kappa shape index (κ3) is 63.4. The van der Waals surface area contributed by atoms with Gasteiger partial charge in [-0.05, 0) is 278 Å². The predicted molar refractivity (Wildman–Crippen MR) is 635 cm³/mol. The maximum absolute atomic E-state index is 12.2. The third-order valence-electron chi connectivity index (χ3n) is 24.3. The fourth-order valence-electron chi connectivity index (χ4n) is 16.1. The first kappa shape index (κ1) is 148. The monoisotopic (exact) mass is 2570 g/mol. The van der Waals surface area contributed by atoms with Gasteiger partial charge in [0, 0.05) is 199 Å². The third-order valence-corrected chi connectivity index (χ3v) is 61.2. The Balaban J connectivity index is 0.00000148. The summed E-state index contributed by atoms with van der Waals surface area (Å²) in [7, 11) is -22.4. The van der Waals surface area contributed by atoms with Crippen LogP contribution in [0.25, 0.3) is 0 Å². The fourth-order valence-corrected chi connectivity index (χ4v) is 57.8. The van der Waals surface area contributed by atoms with Crippen molar-refractivity contribution in [3.05, 3.63) is 95.1 Å². The zero-order valence-corrected chi connectivity index (χ0v) is 115. The van der Waals surface area contributed by atoms with E-state index < -0.39 is 124 Å².